The fourth-order valence-electron chi connectivity index (χ4n) is 3.44. The number of ether oxygens (including phenoxy) is 1. The molecule has 0 atom stereocenters. The Labute approximate surface area is 168 Å². The highest BCUT2D eigenvalue weighted by atomic mass is 35.5. The Balaban J connectivity index is 0.00000261. The highest BCUT2D eigenvalue weighted by Crippen LogP contribution is 2.29. The summed E-state index contributed by atoms with van der Waals surface area (Å²) in [6, 6.07) is 16.9. The minimum Gasteiger partial charge on any atom is -0.384 e. The molecule has 0 saturated carbocycles. The lowest BCUT2D eigenvalue weighted by molar-refractivity contribution is 0.0577. The maximum Gasteiger partial charge on any atom is 0.240 e. The predicted octanol–water partition coefficient (Wildman–Crippen LogP) is 3.07. The SMILES string of the molecule is COCC1(CNS(=O)(=O)c2cccc(-c3ccccc3)c2)CCNCC1.Cl. The molecule has 0 spiro atoms. The molecule has 1 fully saturated rings. The number of halogens is 1. The van der Waals surface area contributed by atoms with Crippen LogP contribution in [0.3, 0.4) is 0 Å². The van der Waals surface area contributed by atoms with Gasteiger partial charge in [-0.05, 0) is 49.2 Å². The van der Waals surface area contributed by atoms with Crippen LogP contribution in [-0.2, 0) is 14.8 Å². The summed E-state index contributed by atoms with van der Waals surface area (Å²) >= 11 is 0. The second-order valence-corrected chi connectivity index (χ2v) is 8.67. The maximum atomic E-state index is 12.8. The summed E-state index contributed by atoms with van der Waals surface area (Å²) in [7, 11) is -1.90. The molecule has 0 radical (unpaired) electrons. The van der Waals surface area contributed by atoms with Crippen LogP contribution in [0.4, 0.5) is 0 Å². The fraction of sp³-hybridized carbons (Fsp3) is 0.400. The molecule has 1 heterocycles. The van der Waals surface area contributed by atoms with E-state index in [-0.39, 0.29) is 17.8 Å². The Bertz CT molecular complexity index is 817. The van der Waals surface area contributed by atoms with E-state index in [1.807, 2.05) is 36.4 Å². The zero-order valence-corrected chi connectivity index (χ0v) is 17.1. The molecular formula is C20H27ClN2O3S. The van der Waals surface area contributed by atoms with E-state index in [0.29, 0.717) is 18.0 Å². The molecular weight excluding hydrogens is 384 g/mol. The molecule has 2 aromatic carbocycles. The van der Waals surface area contributed by atoms with Crippen molar-refractivity contribution >= 4 is 22.4 Å². The molecule has 148 valence electrons. The van der Waals surface area contributed by atoms with Crippen LogP contribution in [0.2, 0.25) is 0 Å². The summed E-state index contributed by atoms with van der Waals surface area (Å²) in [4.78, 5) is 0.292. The standard InChI is InChI=1S/C20H26N2O3S.ClH/c1-25-16-20(10-12-21-13-11-20)15-22-26(23,24)19-9-5-8-18(14-19)17-6-3-2-4-7-17;/h2-9,14,21-22H,10-13,15-16H2,1H3;1H. The lowest BCUT2D eigenvalue weighted by atomic mass is 9.80. The van der Waals surface area contributed by atoms with E-state index >= 15 is 0 Å². The van der Waals surface area contributed by atoms with E-state index in [9.17, 15) is 8.42 Å². The Kier molecular flexibility index (Phi) is 7.82. The average Bonchev–Trinajstić information content (AvgIpc) is 2.68. The van der Waals surface area contributed by atoms with Gasteiger partial charge in [0.2, 0.25) is 10.0 Å². The van der Waals surface area contributed by atoms with Crippen LogP contribution in [0, 0.1) is 5.41 Å². The van der Waals surface area contributed by atoms with Crippen molar-refractivity contribution in [3.63, 3.8) is 0 Å². The number of sulfonamides is 1. The first-order valence-corrected chi connectivity index (χ1v) is 10.4. The third kappa shape index (κ3) is 5.53. The Morgan fingerprint density at radius 3 is 2.37 bits per heavy atom. The number of methoxy groups -OCH3 is 1. The molecule has 2 aromatic rings. The van der Waals surface area contributed by atoms with Crippen LogP contribution < -0.4 is 10.0 Å². The summed E-state index contributed by atoms with van der Waals surface area (Å²) in [6.07, 6.45) is 1.79. The van der Waals surface area contributed by atoms with Gasteiger partial charge in [0.1, 0.15) is 0 Å². The van der Waals surface area contributed by atoms with Crippen molar-refractivity contribution in [2.75, 3.05) is 33.4 Å². The minimum atomic E-state index is -3.57. The minimum absolute atomic E-state index is 0. The lowest BCUT2D eigenvalue weighted by Gasteiger charge is -2.37. The average molecular weight is 411 g/mol. The number of rotatable bonds is 7. The van der Waals surface area contributed by atoms with Crippen LogP contribution in [0.25, 0.3) is 11.1 Å². The fourth-order valence-corrected chi connectivity index (χ4v) is 4.64. The van der Waals surface area contributed by atoms with Crippen LogP contribution in [0.5, 0.6) is 0 Å². The van der Waals surface area contributed by atoms with Crippen LogP contribution in [0.15, 0.2) is 59.5 Å². The van der Waals surface area contributed by atoms with E-state index in [2.05, 4.69) is 10.0 Å². The number of piperidine rings is 1. The second kappa shape index (κ2) is 9.66. The first kappa shape index (κ1) is 21.9. The van der Waals surface area contributed by atoms with Gasteiger partial charge in [-0.3, -0.25) is 0 Å². The molecule has 5 nitrogen and oxygen atoms in total. The van der Waals surface area contributed by atoms with E-state index < -0.39 is 10.0 Å². The van der Waals surface area contributed by atoms with Gasteiger partial charge in [0, 0.05) is 19.1 Å². The van der Waals surface area contributed by atoms with Gasteiger partial charge in [-0.15, -0.1) is 12.4 Å². The number of hydrogen-bond donors (Lipinski definition) is 2. The summed E-state index contributed by atoms with van der Waals surface area (Å²) in [6.45, 7) is 2.71. The smallest absolute Gasteiger partial charge is 0.240 e. The first-order valence-electron chi connectivity index (χ1n) is 8.90. The summed E-state index contributed by atoms with van der Waals surface area (Å²) < 4.78 is 33.9. The molecule has 0 aromatic heterocycles. The Morgan fingerprint density at radius 1 is 1.04 bits per heavy atom. The third-order valence-electron chi connectivity index (χ3n) is 5.00. The molecule has 0 bridgehead atoms. The predicted molar refractivity (Wildman–Crippen MR) is 111 cm³/mol. The van der Waals surface area contributed by atoms with Gasteiger partial charge < -0.3 is 10.1 Å². The molecule has 0 unspecified atom stereocenters. The topological polar surface area (TPSA) is 67.4 Å². The quantitative estimate of drug-likeness (QED) is 0.736. The van der Waals surface area contributed by atoms with E-state index in [1.54, 1.807) is 25.3 Å². The third-order valence-corrected chi connectivity index (χ3v) is 6.40. The van der Waals surface area contributed by atoms with Crippen LogP contribution in [-0.4, -0.2) is 41.8 Å². The van der Waals surface area contributed by atoms with Crippen molar-refractivity contribution in [3.8, 4) is 11.1 Å². The van der Waals surface area contributed by atoms with Crippen molar-refractivity contribution in [2.45, 2.75) is 17.7 Å². The van der Waals surface area contributed by atoms with Gasteiger partial charge in [-0.25, -0.2) is 13.1 Å². The molecule has 1 aliphatic rings. The van der Waals surface area contributed by atoms with Gasteiger partial charge in [-0.2, -0.15) is 0 Å². The Morgan fingerprint density at radius 2 is 1.70 bits per heavy atom. The molecule has 7 heteroatoms. The summed E-state index contributed by atoms with van der Waals surface area (Å²) in [5.74, 6) is 0. The number of nitrogens with one attached hydrogen (secondary N) is 2. The van der Waals surface area contributed by atoms with Gasteiger partial charge in [0.05, 0.1) is 11.5 Å². The zero-order chi connectivity index (χ0) is 18.5. The highest BCUT2D eigenvalue weighted by molar-refractivity contribution is 7.89. The molecule has 0 aliphatic carbocycles. The molecule has 27 heavy (non-hydrogen) atoms. The highest BCUT2D eigenvalue weighted by Gasteiger charge is 2.33. The van der Waals surface area contributed by atoms with Gasteiger partial charge in [-0.1, -0.05) is 42.5 Å². The first-order chi connectivity index (χ1) is 12.5. The Hall–Kier alpha value is -1.44. The molecule has 1 aliphatic heterocycles. The second-order valence-electron chi connectivity index (χ2n) is 6.90. The number of hydrogen-bond acceptors (Lipinski definition) is 4. The maximum absolute atomic E-state index is 12.8. The van der Waals surface area contributed by atoms with Crippen molar-refractivity contribution < 1.29 is 13.2 Å². The lowest BCUT2D eigenvalue weighted by Crippen LogP contribution is -2.47. The van der Waals surface area contributed by atoms with Crippen molar-refractivity contribution in [1.29, 1.82) is 0 Å². The van der Waals surface area contributed by atoms with E-state index in [1.165, 1.54) is 0 Å². The largest absolute Gasteiger partial charge is 0.384 e. The number of benzene rings is 2. The zero-order valence-electron chi connectivity index (χ0n) is 15.5. The molecule has 3 rings (SSSR count). The van der Waals surface area contributed by atoms with E-state index in [0.717, 1.165) is 37.1 Å². The van der Waals surface area contributed by atoms with Gasteiger partial charge >= 0.3 is 0 Å². The van der Waals surface area contributed by atoms with Gasteiger partial charge in [0.25, 0.3) is 0 Å². The monoisotopic (exact) mass is 410 g/mol. The van der Waals surface area contributed by atoms with E-state index in [4.69, 9.17) is 4.74 Å². The van der Waals surface area contributed by atoms with Crippen molar-refractivity contribution in [1.82, 2.24) is 10.0 Å². The molecule has 0 amide bonds. The van der Waals surface area contributed by atoms with Gasteiger partial charge in [0.15, 0.2) is 0 Å². The summed E-state index contributed by atoms with van der Waals surface area (Å²) in [5, 5.41) is 3.32. The molecule has 1 saturated heterocycles. The van der Waals surface area contributed by atoms with Crippen LogP contribution in [0.1, 0.15) is 12.8 Å². The summed E-state index contributed by atoms with van der Waals surface area (Å²) in [5.41, 5.74) is 1.74. The van der Waals surface area contributed by atoms with Crippen LogP contribution >= 0.6 is 12.4 Å². The molecule has 2 N–H and O–H groups in total. The van der Waals surface area contributed by atoms with Crippen molar-refractivity contribution in [3.05, 3.63) is 54.6 Å². The normalized spacial score (nSPS) is 16.5. The van der Waals surface area contributed by atoms with Crippen molar-refractivity contribution in [2.24, 2.45) is 5.41 Å².